The fourth-order valence-electron chi connectivity index (χ4n) is 7.40. The van der Waals surface area contributed by atoms with Gasteiger partial charge in [0.25, 0.3) is 0 Å². The molecule has 0 aromatic heterocycles. The van der Waals surface area contributed by atoms with Crippen molar-refractivity contribution in [2.75, 3.05) is 31.1 Å². The average molecular weight is 1040 g/mol. The van der Waals surface area contributed by atoms with Crippen molar-refractivity contribution in [3.63, 3.8) is 0 Å². The molecule has 2 saturated heterocycles. The van der Waals surface area contributed by atoms with Gasteiger partial charge in [0.2, 0.25) is 65.0 Å². The Morgan fingerprint density at radius 2 is 1.49 bits per heavy atom. The third-order valence-electron chi connectivity index (χ3n) is 11.4. The highest BCUT2D eigenvalue weighted by Crippen LogP contribution is 2.26. The molecule has 2 aliphatic rings. The molecule has 0 saturated carbocycles. The van der Waals surface area contributed by atoms with Crippen LogP contribution < -0.4 is 65.9 Å². The van der Waals surface area contributed by atoms with Crippen LogP contribution in [0.5, 0.6) is 5.75 Å². The second-order valence-corrected chi connectivity index (χ2v) is 19.6. The molecule has 1 aromatic carbocycles. The summed E-state index contributed by atoms with van der Waals surface area (Å²) >= 11 is 0. The number of nitrogens with two attached hydrogens (primary N) is 5. The first-order valence-electron chi connectivity index (χ1n) is 22.9. The lowest BCUT2D eigenvalue weighted by atomic mass is 9.96. The minimum Gasteiger partial charge on any atom is -0.508 e. The molecule has 71 heavy (non-hydrogen) atoms. The number of carbonyl (C=O) groups excluding carboxylic acids is 11. The third kappa shape index (κ3) is 20.2. The number of nitrogens with one attached hydrogen (secondary N) is 7. The molecule has 11 amide bonds. The van der Waals surface area contributed by atoms with Crippen LogP contribution in [0, 0.1) is 5.92 Å². The Morgan fingerprint density at radius 3 is 2.13 bits per heavy atom. The third-order valence-corrected chi connectivity index (χ3v) is 13.8. The number of hydrogen-bond donors (Lipinski definition) is 13. The van der Waals surface area contributed by atoms with Crippen molar-refractivity contribution >= 4 is 92.5 Å². The van der Waals surface area contributed by atoms with Crippen LogP contribution in [0.1, 0.15) is 77.2 Å². The molecule has 2 fully saturated rings. The van der Waals surface area contributed by atoms with E-state index in [2.05, 4.69) is 42.2 Å². The quantitative estimate of drug-likeness (QED) is 0.0269. The number of carbonyl (C=O) groups is 11. The maximum atomic E-state index is 14.5. The Kier molecular flexibility index (Phi) is 24.2. The molecule has 0 bridgehead atoms. The van der Waals surface area contributed by atoms with Crippen molar-refractivity contribution in [3.8, 4) is 5.75 Å². The number of likely N-dealkylation sites (tertiary alicyclic amines) is 1. The summed E-state index contributed by atoms with van der Waals surface area (Å²) in [7, 11) is 2.20. The van der Waals surface area contributed by atoms with E-state index in [0.717, 1.165) is 21.6 Å². The molecular weight excluding hydrogens is 969 g/mol. The fraction of sp³-hybridized carbons (Fsp3) is 0.581. The lowest BCUT2D eigenvalue weighted by molar-refractivity contribution is -0.142. The summed E-state index contributed by atoms with van der Waals surface area (Å²) in [5.41, 5.74) is 27.5. The Labute approximate surface area is 417 Å². The van der Waals surface area contributed by atoms with Crippen LogP contribution in [0.15, 0.2) is 29.3 Å². The normalized spacial score (nSPS) is 22.7. The van der Waals surface area contributed by atoms with Gasteiger partial charge in [0.15, 0.2) is 5.96 Å². The molecule has 0 aliphatic carbocycles. The molecule has 18 N–H and O–H groups in total. The van der Waals surface area contributed by atoms with Gasteiger partial charge in [-0.15, -0.1) is 0 Å². The van der Waals surface area contributed by atoms with E-state index in [9.17, 15) is 57.8 Å². The van der Waals surface area contributed by atoms with E-state index in [1.807, 2.05) is 0 Å². The van der Waals surface area contributed by atoms with E-state index >= 15 is 0 Å². The van der Waals surface area contributed by atoms with Crippen molar-refractivity contribution in [2.45, 2.75) is 120 Å². The van der Waals surface area contributed by atoms with Crippen LogP contribution in [0.3, 0.4) is 0 Å². The summed E-state index contributed by atoms with van der Waals surface area (Å²) in [5, 5.41) is 27.7. The topological polar surface area (TPSA) is 438 Å². The largest absolute Gasteiger partial charge is 0.508 e. The van der Waals surface area contributed by atoms with Crippen molar-refractivity contribution < 1.29 is 57.8 Å². The van der Waals surface area contributed by atoms with E-state index in [4.69, 9.17) is 28.7 Å². The molecular formula is C43H66N14O12S2. The summed E-state index contributed by atoms with van der Waals surface area (Å²) in [5.74, 6) is -10.1. The number of nitrogens with zero attached hydrogens (tertiary/aromatic N) is 2. The second kappa shape index (κ2) is 29.4. The summed E-state index contributed by atoms with van der Waals surface area (Å²) < 4.78 is 0. The highest BCUT2D eigenvalue weighted by molar-refractivity contribution is 8.76. The van der Waals surface area contributed by atoms with Gasteiger partial charge in [-0.1, -0.05) is 54.0 Å². The summed E-state index contributed by atoms with van der Waals surface area (Å²) in [6, 6.07) is -3.77. The standard InChI is InChI=1S/C43H66N14O12S2/c1-3-22(2)35-41(68)53-26(12-13-31(44)59)37(64)54-28(19-32(45)60)38(65)55-29(21-71-70-17-14-34(62)51-27(39(66)56-35)18-23-8-10-24(58)11-9-23)42(69)57-16-5-7-30(57)40(67)52-25(6-4-15-49-43(47)48)36(63)50-20-33(46)61/h8-11,22,25-30,35,58H,3-7,12-21H2,1-2H3,(H2,44,59)(H2,45,60)(H2,46,61)(H,50,63)(H,51,62)(H,52,67)(H,53,68)(H,54,64)(H,55,65)(H,56,66)(H4,47,48,49)/t22-,25-,26+,27+,28-,29-,30+,35-/m0/s1. The van der Waals surface area contributed by atoms with Crippen molar-refractivity contribution in [3.05, 3.63) is 29.8 Å². The molecule has 3 rings (SSSR count). The number of rotatable bonds is 19. The predicted molar refractivity (Wildman–Crippen MR) is 261 cm³/mol. The van der Waals surface area contributed by atoms with Crippen LogP contribution in [0.4, 0.5) is 0 Å². The number of aromatic hydroxyl groups is 1. The number of hydrogen-bond acceptors (Lipinski definition) is 15. The van der Waals surface area contributed by atoms with Gasteiger partial charge >= 0.3 is 0 Å². The smallest absolute Gasteiger partial charge is 0.246 e. The molecule has 0 radical (unpaired) electrons. The first-order chi connectivity index (χ1) is 33.6. The number of phenolic OH excluding ortho intramolecular Hbond substituents is 1. The minimum atomic E-state index is -1.75. The van der Waals surface area contributed by atoms with Gasteiger partial charge in [-0.05, 0) is 55.7 Å². The monoisotopic (exact) mass is 1030 g/mol. The molecule has 8 atom stereocenters. The van der Waals surface area contributed by atoms with Crippen LogP contribution in [-0.2, 0) is 59.2 Å². The Balaban J connectivity index is 2.01. The average Bonchev–Trinajstić information content (AvgIpc) is 3.81. The summed E-state index contributed by atoms with van der Waals surface area (Å²) in [4.78, 5) is 152. The van der Waals surface area contributed by atoms with Crippen LogP contribution in [0.2, 0.25) is 0 Å². The zero-order chi connectivity index (χ0) is 52.8. The number of phenols is 1. The van der Waals surface area contributed by atoms with Gasteiger partial charge in [-0.2, -0.15) is 0 Å². The molecule has 2 heterocycles. The van der Waals surface area contributed by atoms with Crippen molar-refractivity contribution in [1.29, 1.82) is 0 Å². The van der Waals surface area contributed by atoms with Gasteiger partial charge in [0.05, 0.1) is 13.0 Å². The number of benzene rings is 1. The van der Waals surface area contributed by atoms with Crippen molar-refractivity contribution in [2.24, 2.45) is 39.6 Å². The minimum absolute atomic E-state index is 0.0170. The summed E-state index contributed by atoms with van der Waals surface area (Å²) in [6.45, 7) is 3.02. The molecule has 1 aromatic rings. The van der Waals surface area contributed by atoms with E-state index < -0.39 is 139 Å². The van der Waals surface area contributed by atoms with Crippen LogP contribution in [0.25, 0.3) is 0 Å². The molecule has 2 aliphatic heterocycles. The van der Waals surface area contributed by atoms with Gasteiger partial charge in [-0.25, -0.2) is 0 Å². The lowest BCUT2D eigenvalue weighted by Crippen LogP contribution is -2.61. The maximum absolute atomic E-state index is 14.5. The Bertz CT molecular complexity index is 2130. The number of aliphatic imine (C=N–C) groups is 1. The van der Waals surface area contributed by atoms with Crippen molar-refractivity contribution in [1.82, 2.24) is 42.1 Å². The van der Waals surface area contributed by atoms with Gasteiger partial charge in [0.1, 0.15) is 48.0 Å². The molecule has 0 spiro atoms. The number of primary amides is 3. The van der Waals surface area contributed by atoms with E-state index in [1.54, 1.807) is 26.0 Å². The second-order valence-electron chi connectivity index (χ2n) is 17.0. The first-order valence-corrected chi connectivity index (χ1v) is 25.4. The number of guanidine groups is 1. The van der Waals surface area contributed by atoms with Gasteiger partial charge in [0, 0.05) is 43.9 Å². The molecule has 392 valence electrons. The highest BCUT2D eigenvalue weighted by Gasteiger charge is 2.40. The first kappa shape index (κ1) is 58.5. The van der Waals surface area contributed by atoms with Crippen LogP contribution >= 0.6 is 21.6 Å². The van der Waals surface area contributed by atoms with Gasteiger partial charge < -0.3 is 75.9 Å². The SMILES string of the molecule is CC[C@H](C)[C@@H]1NC(=O)[C@@H](Cc2ccc(O)cc2)NC(=O)CCSSC[C@@H](C(=O)N2CCC[C@@H]2C(=O)N[C@@H](CCCN=C(N)N)C(=O)NCC(N)=O)NC(=O)[C@H](CC(N)=O)NC(=O)[C@@H](CCC(N)=O)NC1=O. The zero-order valence-electron chi connectivity index (χ0n) is 39.6. The predicted octanol–water partition coefficient (Wildman–Crippen LogP) is -4.54. The Hall–Kier alpha value is -6.84. The lowest BCUT2D eigenvalue weighted by Gasteiger charge is -2.31. The Morgan fingerprint density at radius 1 is 0.831 bits per heavy atom. The summed E-state index contributed by atoms with van der Waals surface area (Å²) in [6.07, 6.45) is -0.757. The zero-order valence-corrected chi connectivity index (χ0v) is 41.2. The van der Waals surface area contributed by atoms with E-state index in [1.165, 1.54) is 17.0 Å². The van der Waals surface area contributed by atoms with E-state index in [0.29, 0.717) is 18.4 Å². The molecule has 26 nitrogen and oxygen atoms in total. The molecule has 28 heteroatoms. The van der Waals surface area contributed by atoms with E-state index in [-0.39, 0.29) is 68.4 Å². The molecule has 0 unspecified atom stereocenters. The van der Waals surface area contributed by atoms with Crippen LogP contribution in [-0.4, -0.2) is 154 Å². The maximum Gasteiger partial charge on any atom is 0.246 e. The highest BCUT2D eigenvalue weighted by atomic mass is 33.1. The van der Waals surface area contributed by atoms with Gasteiger partial charge in [-0.3, -0.25) is 57.7 Å². The fourth-order valence-corrected chi connectivity index (χ4v) is 9.54. The number of amides is 11.